The van der Waals surface area contributed by atoms with Crippen molar-refractivity contribution < 1.29 is 0 Å². The highest BCUT2D eigenvalue weighted by atomic mass is 28.3. The zero-order valence-corrected chi connectivity index (χ0v) is 29.8. The van der Waals surface area contributed by atoms with E-state index in [2.05, 4.69) is 201 Å². The van der Waals surface area contributed by atoms with E-state index in [1.807, 2.05) is 0 Å². The number of fused-ring (bicyclic) bond motifs is 2. The number of anilines is 6. The van der Waals surface area contributed by atoms with Gasteiger partial charge in [-0.25, -0.2) is 0 Å². The van der Waals surface area contributed by atoms with E-state index in [0.717, 1.165) is 6.42 Å². The first-order valence-electron chi connectivity index (χ1n) is 17.4. The van der Waals surface area contributed by atoms with Crippen molar-refractivity contribution >= 4 is 53.5 Å². The molecule has 2 aliphatic rings. The molecule has 0 heterocycles. The van der Waals surface area contributed by atoms with Crippen LogP contribution in [-0.2, 0) is 6.42 Å². The largest absolute Gasteiger partial charge is 0.310 e. The van der Waals surface area contributed by atoms with E-state index in [9.17, 15) is 0 Å². The van der Waals surface area contributed by atoms with Crippen LogP contribution in [0.4, 0.5) is 34.1 Å². The lowest BCUT2D eigenvalue weighted by atomic mass is 10.0. The van der Waals surface area contributed by atoms with Crippen molar-refractivity contribution in [3.63, 3.8) is 0 Å². The summed E-state index contributed by atoms with van der Waals surface area (Å²) in [5.41, 5.74) is 16.3. The Kier molecular flexibility index (Phi) is 7.93. The van der Waals surface area contributed by atoms with Crippen LogP contribution < -0.4 is 9.80 Å². The minimum Gasteiger partial charge on any atom is -0.310 e. The van der Waals surface area contributed by atoms with Gasteiger partial charge in [-0.1, -0.05) is 133 Å². The number of hydrogen-bond donors (Lipinski definition) is 0. The molecule has 0 saturated heterocycles. The summed E-state index contributed by atoms with van der Waals surface area (Å²) in [6.07, 6.45) is 3.46. The Balaban J connectivity index is 1.23. The van der Waals surface area contributed by atoms with E-state index in [-0.39, 0.29) is 0 Å². The molecule has 0 amide bonds. The minimum atomic E-state index is -2.12. The summed E-state index contributed by atoms with van der Waals surface area (Å²) >= 11 is 0. The molecule has 0 radical (unpaired) electrons. The van der Waals surface area contributed by atoms with Crippen molar-refractivity contribution in [2.45, 2.75) is 38.9 Å². The van der Waals surface area contributed by atoms with Crippen molar-refractivity contribution in [1.82, 2.24) is 0 Å². The summed E-state index contributed by atoms with van der Waals surface area (Å²) in [4.78, 5) is 4.86. The van der Waals surface area contributed by atoms with Crippen molar-refractivity contribution in [3.05, 3.63) is 191 Å². The van der Waals surface area contributed by atoms with E-state index < -0.39 is 8.07 Å². The first-order chi connectivity index (χ1) is 23.9. The summed E-state index contributed by atoms with van der Waals surface area (Å²) in [6, 6.07) is 57.1. The first kappa shape index (κ1) is 30.9. The molecule has 6 aromatic carbocycles. The number of allylic oxidation sites excluding steroid dienone is 2. The summed E-state index contributed by atoms with van der Waals surface area (Å²) in [7, 11) is -2.12. The Morgan fingerprint density at radius 2 is 0.959 bits per heavy atom. The van der Waals surface area contributed by atoms with E-state index in [4.69, 9.17) is 0 Å². The highest BCUT2D eigenvalue weighted by molar-refractivity contribution is 6.96. The van der Waals surface area contributed by atoms with Crippen LogP contribution in [0.1, 0.15) is 41.6 Å². The van der Waals surface area contributed by atoms with E-state index >= 15 is 0 Å². The molecular formula is C46H42N2Si. The Bertz CT molecular complexity index is 2110. The third-order valence-corrected chi connectivity index (χ3v) is 14.6. The monoisotopic (exact) mass is 650 g/mol. The molecule has 240 valence electrons. The number of para-hydroxylation sites is 4. The molecule has 6 aromatic rings. The highest BCUT2D eigenvalue weighted by Gasteiger charge is 2.45. The molecular weight excluding hydrogens is 609 g/mol. The average Bonchev–Trinajstić information content (AvgIpc) is 3.67. The topological polar surface area (TPSA) is 6.48 Å². The fraction of sp³-hybridized carbons (Fsp3) is 0.130. The van der Waals surface area contributed by atoms with Gasteiger partial charge < -0.3 is 9.80 Å². The predicted molar refractivity (Wildman–Crippen MR) is 212 cm³/mol. The molecule has 1 unspecified atom stereocenters. The fourth-order valence-electron chi connectivity index (χ4n) is 8.68. The molecule has 0 fully saturated rings. The van der Waals surface area contributed by atoms with Gasteiger partial charge in [0, 0.05) is 33.9 Å². The van der Waals surface area contributed by atoms with Crippen LogP contribution in [0.15, 0.2) is 169 Å². The van der Waals surface area contributed by atoms with Crippen molar-refractivity contribution in [3.8, 4) is 0 Å². The van der Waals surface area contributed by atoms with Crippen LogP contribution >= 0.6 is 0 Å². The molecule has 0 aromatic heterocycles. The van der Waals surface area contributed by atoms with Gasteiger partial charge in [0.05, 0.1) is 19.4 Å². The number of benzene rings is 6. The van der Waals surface area contributed by atoms with Gasteiger partial charge >= 0.3 is 0 Å². The second kappa shape index (κ2) is 12.6. The second-order valence-corrected chi connectivity index (χ2v) is 18.5. The lowest BCUT2D eigenvalue weighted by molar-refractivity contribution is 1.08. The molecule has 0 saturated carbocycles. The molecule has 49 heavy (non-hydrogen) atoms. The Morgan fingerprint density at radius 3 is 1.47 bits per heavy atom. The summed E-state index contributed by atoms with van der Waals surface area (Å²) in [5, 5.41) is 1.62. The number of rotatable bonds is 8. The fourth-order valence-corrected chi connectivity index (χ4v) is 13.3. The smallest absolute Gasteiger partial charge is 0.0930 e. The standard InChI is InChI=1S/C46H42N2Si/c1-33-31-41-39(27-17-29-43(41)47(35-19-9-5-10-20-35)36-21-11-6-12-22-36)45(33)49(3,4)46-34(2)32-42-40(46)28-18-30-44(42)48(37-23-13-7-14-24-37)38-25-15-8-16-26-38/h5-31,45H,32H2,1-4H3. The highest BCUT2D eigenvalue weighted by Crippen LogP contribution is 2.54. The molecule has 2 aliphatic carbocycles. The lowest BCUT2D eigenvalue weighted by Gasteiger charge is -2.36. The van der Waals surface area contributed by atoms with Gasteiger partial charge in [0.2, 0.25) is 0 Å². The number of hydrogen-bond acceptors (Lipinski definition) is 2. The molecule has 8 rings (SSSR count). The van der Waals surface area contributed by atoms with Crippen LogP contribution in [0.25, 0.3) is 11.3 Å². The van der Waals surface area contributed by atoms with Crippen LogP contribution in [0, 0.1) is 0 Å². The lowest BCUT2D eigenvalue weighted by Crippen LogP contribution is -2.37. The van der Waals surface area contributed by atoms with Crippen LogP contribution in [0.3, 0.4) is 0 Å². The maximum atomic E-state index is 2.61. The maximum absolute atomic E-state index is 2.61. The summed E-state index contributed by atoms with van der Waals surface area (Å²) in [5.74, 6) is 0. The molecule has 2 nitrogen and oxygen atoms in total. The normalized spacial score (nSPS) is 15.1. The van der Waals surface area contributed by atoms with Gasteiger partial charge in [-0.05, 0) is 97.6 Å². The van der Waals surface area contributed by atoms with E-state index in [1.165, 1.54) is 67.5 Å². The van der Waals surface area contributed by atoms with Crippen molar-refractivity contribution in [2.24, 2.45) is 0 Å². The quantitative estimate of drug-likeness (QED) is 0.151. The van der Waals surface area contributed by atoms with Gasteiger partial charge in [-0.15, -0.1) is 0 Å². The van der Waals surface area contributed by atoms with Crippen molar-refractivity contribution in [2.75, 3.05) is 9.80 Å². The third kappa shape index (κ3) is 5.35. The SMILES string of the molecule is CC1=Cc2c(cccc2N(c2ccccc2)c2ccccc2)C1[Si](C)(C)C1=C(C)Cc2c1cccc2N(c1ccccc1)c1ccccc1. The molecule has 1 atom stereocenters. The number of nitrogens with zero attached hydrogens (tertiary/aromatic N) is 2. The van der Waals surface area contributed by atoms with Crippen LogP contribution in [-0.4, -0.2) is 8.07 Å². The van der Waals surface area contributed by atoms with E-state index in [1.54, 1.807) is 5.20 Å². The summed E-state index contributed by atoms with van der Waals surface area (Å²) in [6.45, 7) is 9.97. The van der Waals surface area contributed by atoms with Crippen LogP contribution in [0.2, 0.25) is 13.1 Å². The Hall–Kier alpha value is -5.38. The molecule has 3 heteroatoms. The molecule has 0 aliphatic heterocycles. The predicted octanol–water partition coefficient (Wildman–Crippen LogP) is 12.9. The van der Waals surface area contributed by atoms with Gasteiger partial charge in [0.15, 0.2) is 0 Å². The zero-order chi connectivity index (χ0) is 33.5. The zero-order valence-electron chi connectivity index (χ0n) is 28.8. The van der Waals surface area contributed by atoms with Gasteiger partial charge in [0.1, 0.15) is 0 Å². The second-order valence-electron chi connectivity index (χ2n) is 14.0. The van der Waals surface area contributed by atoms with E-state index in [0.29, 0.717) is 5.54 Å². The Morgan fingerprint density at radius 1 is 0.510 bits per heavy atom. The van der Waals surface area contributed by atoms with Gasteiger partial charge in [0.25, 0.3) is 0 Å². The Labute approximate surface area is 292 Å². The maximum Gasteiger partial charge on any atom is 0.0930 e. The summed E-state index contributed by atoms with van der Waals surface area (Å²) < 4.78 is 0. The average molecular weight is 651 g/mol. The van der Waals surface area contributed by atoms with Gasteiger partial charge in [-0.3, -0.25) is 0 Å². The molecule has 0 N–H and O–H groups in total. The minimum absolute atomic E-state index is 0.384. The first-order valence-corrected chi connectivity index (χ1v) is 20.5. The third-order valence-electron chi connectivity index (χ3n) is 10.4. The molecule has 0 spiro atoms. The van der Waals surface area contributed by atoms with Crippen LogP contribution in [0.5, 0.6) is 0 Å². The van der Waals surface area contributed by atoms with Crippen molar-refractivity contribution in [1.29, 1.82) is 0 Å². The molecule has 0 bridgehead atoms. The van der Waals surface area contributed by atoms with Gasteiger partial charge in [-0.2, -0.15) is 0 Å².